The van der Waals surface area contributed by atoms with Gasteiger partial charge in [0, 0.05) is 25.7 Å². The van der Waals surface area contributed by atoms with Gasteiger partial charge < -0.3 is 0 Å². The van der Waals surface area contributed by atoms with Crippen LogP contribution in [0.4, 0.5) is 0 Å². The van der Waals surface area contributed by atoms with Crippen molar-refractivity contribution >= 4 is 34.8 Å². The zero-order chi connectivity index (χ0) is 18.1. The van der Waals surface area contributed by atoms with E-state index in [2.05, 4.69) is 10.1 Å². The Bertz CT molecular complexity index is 1010. The quantitative estimate of drug-likeness (QED) is 0.705. The summed E-state index contributed by atoms with van der Waals surface area (Å²) < 4.78 is 1.27. The molecule has 0 spiro atoms. The van der Waals surface area contributed by atoms with E-state index in [0.717, 1.165) is 10.6 Å². The minimum absolute atomic E-state index is 0.0278. The van der Waals surface area contributed by atoms with Crippen molar-refractivity contribution in [1.29, 1.82) is 0 Å². The molecular formula is C16H14Cl2N4O3. The van der Waals surface area contributed by atoms with Crippen molar-refractivity contribution in [3.8, 4) is 0 Å². The molecule has 0 unspecified atom stereocenters. The number of H-pyrrole nitrogens is 1. The number of rotatable bonds is 4. The number of aromatic nitrogens is 3. The van der Waals surface area contributed by atoms with Crippen LogP contribution in [0.15, 0.2) is 35.3 Å². The maximum absolute atomic E-state index is 12.8. The molecule has 0 radical (unpaired) electrons. The van der Waals surface area contributed by atoms with Gasteiger partial charge >= 0.3 is 0 Å². The average Bonchev–Trinajstić information content (AvgIpc) is 3.07. The third-order valence-electron chi connectivity index (χ3n) is 3.77. The second kappa shape index (κ2) is 6.87. The fraction of sp³-hybridized carbons (Fsp3) is 0.188. The molecule has 0 bridgehead atoms. The summed E-state index contributed by atoms with van der Waals surface area (Å²) in [4.78, 5) is 34.6. The maximum Gasteiger partial charge on any atom is 0.296 e. The van der Waals surface area contributed by atoms with Crippen molar-refractivity contribution in [3.63, 3.8) is 0 Å². The van der Waals surface area contributed by atoms with E-state index in [9.17, 15) is 9.59 Å². The molecule has 7 nitrogen and oxygen atoms in total. The van der Waals surface area contributed by atoms with Crippen LogP contribution in [-0.2, 0) is 11.3 Å². The smallest absolute Gasteiger partial charge is 0.296 e. The highest BCUT2D eigenvalue weighted by Gasteiger charge is 2.23. The van der Waals surface area contributed by atoms with E-state index in [1.165, 1.54) is 18.7 Å². The van der Waals surface area contributed by atoms with Gasteiger partial charge in [-0.25, -0.2) is 14.6 Å². The van der Waals surface area contributed by atoms with Gasteiger partial charge in [0.05, 0.1) is 22.7 Å². The number of nitrogens with one attached hydrogen (secondary N) is 1. The average molecular weight is 381 g/mol. The van der Waals surface area contributed by atoms with E-state index < -0.39 is 5.91 Å². The predicted octanol–water partition coefficient (Wildman–Crippen LogP) is 2.55. The summed E-state index contributed by atoms with van der Waals surface area (Å²) >= 11 is 12.0. The van der Waals surface area contributed by atoms with E-state index in [1.807, 2.05) is 0 Å². The van der Waals surface area contributed by atoms with Crippen LogP contribution >= 0.6 is 23.2 Å². The van der Waals surface area contributed by atoms with Crippen LogP contribution in [0.2, 0.25) is 10.0 Å². The van der Waals surface area contributed by atoms with Crippen molar-refractivity contribution in [2.75, 3.05) is 14.2 Å². The monoisotopic (exact) mass is 380 g/mol. The molecule has 1 aromatic carbocycles. The molecule has 1 amide bonds. The largest absolute Gasteiger partial charge is 0.297 e. The van der Waals surface area contributed by atoms with Crippen molar-refractivity contribution in [3.05, 3.63) is 67.7 Å². The molecule has 2 heterocycles. The van der Waals surface area contributed by atoms with Gasteiger partial charge in [-0.05, 0) is 17.7 Å². The molecule has 0 aliphatic carbocycles. The SMILES string of the molecule is CON(C)C(=O)c1nc2cc[nH]n2c(=O)c1Cc1ccc(Cl)c(Cl)c1. The summed E-state index contributed by atoms with van der Waals surface area (Å²) in [5.41, 5.74) is 0.964. The zero-order valence-corrected chi connectivity index (χ0v) is 14.9. The summed E-state index contributed by atoms with van der Waals surface area (Å²) in [6.45, 7) is 0. The molecule has 0 fully saturated rings. The van der Waals surface area contributed by atoms with Gasteiger partial charge in [-0.3, -0.25) is 19.5 Å². The molecule has 2 aromatic heterocycles. The van der Waals surface area contributed by atoms with Gasteiger partial charge in [-0.15, -0.1) is 0 Å². The van der Waals surface area contributed by atoms with Gasteiger partial charge in [0.15, 0.2) is 5.65 Å². The second-order valence-electron chi connectivity index (χ2n) is 5.31. The number of hydrogen-bond acceptors (Lipinski definition) is 4. The molecule has 130 valence electrons. The Morgan fingerprint density at radius 1 is 1.32 bits per heavy atom. The van der Waals surface area contributed by atoms with Crippen LogP contribution in [0.25, 0.3) is 5.65 Å². The Morgan fingerprint density at radius 3 is 2.76 bits per heavy atom. The molecule has 25 heavy (non-hydrogen) atoms. The van der Waals surface area contributed by atoms with Crippen LogP contribution in [0, 0.1) is 0 Å². The Labute approximate surface area is 152 Å². The lowest BCUT2D eigenvalue weighted by Gasteiger charge is -2.15. The topological polar surface area (TPSA) is 79.7 Å². The Morgan fingerprint density at radius 2 is 2.08 bits per heavy atom. The lowest BCUT2D eigenvalue weighted by Crippen LogP contribution is -2.32. The number of nitrogens with zero attached hydrogens (tertiary/aromatic N) is 3. The van der Waals surface area contributed by atoms with Gasteiger partial charge in [0.2, 0.25) is 0 Å². The highest BCUT2D eigenvalue weighted by molar-refractivity contribution is 6.42. The fourth-order valence-corrected chi connectivity index (χ4v) is 2.74. The second-order valence-corrected chi connectivity index (χ2v) is 6.12. The minimum atomic E-state index is -0.515. The van der Waals surface area contributed by atoms with E-state index in [4.69, 9.17) is 28.0 Å². The lowest BCUT2D eigenvalue weighted by molar-refractivity contribution is -0.0761. The summed E-state index contributed by atoms with van der Waals surface area (Å²) in [6, 6.07) is 6.64. The first kappa shape index (κ1) is 17.5. The molecule has 9 heteroatoms. The molecular weight excluding hydrogens is 367 g/mol. The maximum atomic E-state index is 12.8. The van der Waals surface area contributed by atoms with Crippen LogP contribution in [-0.4, -0.2) is 39.7 Å². The van der Waals surface area contributed by atoms with Gasteiger partial charge in [-0.1, -0.05) is 29.3 Å². The number of carbonyl (C=O) groups is 1. The summed E-state index contributed by atoms with van der Waals surface area (Å²) in [7, 11) is 2.81. The molecule has 0 saturated heterocycles. The molecule has 0 atom stereocenters. The summed E-state index contributed by atoms with van der Waals surface area (Å²) in [6.07, 6.45) is 1.74. The number of hydrogen-bond donors (Lipinski definition) is 1. The van der Waals surface area contributed by atoms with Crippen molar-refractivity contribution in [2.24, 2.45) is 0 Å². The van der Waals surface area contributed by atoms with E-state index >= 15 is 0 Å². The lowest BCUT2D eigenvalue weighted by atomic mass is 10.0. The number of carbonyl (C=O) groups excluding carboxylic acids is 1. The third kappa shape index (κ3) is 3.26. The van der Waals surface area contributed by atoms with Crippen molar-refractivity contribution < 1.29 is 9.63 Å². The first-order chi connectivity index (χ1) is 11.9. The van der Waals surface area contributed by atoms with Gasteiger partial charge in [0.25, 0.3) is 11.5 Å². The molecule has 0 saturated carbocycles. The Kier molecular flexibility index (Phi) is 4.80. The summed E-state index contributed by atoms with van der Waals surface area (Å²) in [5, 5.41) is 4.58. The number of fused-ring (bicyclic) bond motifs is 1. The predicted molar refractivity (Wildman–Crippen MR) is 94.2 cm³/mol. The van der Waals surface area contributed by atoms with Crippen LogP contribution in [0.1, 0.15) is 21.6 Å². The van der Waals surface area contributed by atoms with Crippen molar-refractivity contribution in [1.82, 2.24) is 19.7 Å². The zero-order valence-electron chi connectivity index (χ0n) is 13.4. The van der Waals surface area contributed by atoms with Gasteiger partial charge in [-0.2, -0.15) is 0 Å². The number of halogens is 2. The summed E-state index contributed by atoms with van der Waals surface area (Å²) in [5.74, 6) is -0.515. The third-order valence-corrected chi connectivity index (χ3v) is 4.50. The van der Waals surface area contributed by atoms with Crippen LogP contribution in [0.3, 0.4) is 0 Å². The Hall–Kier alpha value is -2.35. The van der Waals surface area contributed by atoms with Crippen LogP contribution in [0.5, 0.6) is 0 Å². The molecule has 0 aliphatic rings. The van der Waals surface area contributed by atoms with Crippen molar-refractivity contribution in [2.45, 2.75) is 6.42 Å². The standard InChI is InChI=1S/C16H14Cl2N4O3/c1-21(25-2)16(24)14-10(7-9-3-4-11(17)12(18)8-9)15(23)22-13(20-14)5-6-19-22/h3-6,8,19H,7H2,1-2H3. The first-order valence-corrected chi connectivity index (χ1v) is 8.03. The number of amides is 1. The highest BCUT2D eigenvalue weighted by Crippen LogP contribution is 2.24. The van der Waals surface area contributed by atoms with E-state index in [0.29, 0.717) is 15.7 Å². The molecule has 1 N–H and O–H groups in total. The van der Waals surface area contributed by atoms with E-state index in [-0.39, 0.29) is 23.2 Å². The van der Waals surface area contributed by atoms with Gasteiger partial charge in [0.1, 0.15) is 5.69 Å². The Balaban J connectivity index is 2.17. The number of aromatic amines is 1. The molecule has 3 rings (SSSR count). The fourth-order valence-electron chi connectivity index (χ4n) is 2.42. The van der Waals surface area contributed by atoms with Crippen LogP contribution < -0.4 is 5.56 Å². The van der Waals surface area contributed by atoms with E-state index in [1.54, 1.807) is 30.5 Å². The normalized spacial score (nSPS) is 11.0. The molecule has 0 aliphatic heterocycles. The number of hydroxylamine groups is 2. The number of benzene rings is 1. The molecule has 3 aromatic rings. The first-order valence-electron chi connectivity index (χ1n) is 7.27. The highest BCUT2D eigenvalue weighted by atomic mass is 35.5. The minimum Gasteiger partial charge on any atom is -0.297 e.